The zero-order chi connectivity index (χ0) is 13.8. The normalized spacial score (nSPS) is 10.4. The molecule has 1 aromatic carbocycles. The van der Waals surface area contributed by atoms with E-state index in [2.05, 4.69) is 10.3 Å². The SMILES string of the molecule is O=c1[nH]c(=O)n(CCNc2cccc(Cl)c2)cc1Cl. The van der Waals surface area contributed by atoms with Crippen LogP contribution in [0.15, 0.2) is 40.1 Å². The van der Waals surface area contributed by atoms with Crippen LogP contribution in [-0.4, -0.2) is 16.1 Å². The highest BCUT2D eigenvalue weighted by atomic mass is 35.5. The Morgan fingerprint density at radius 2 is 2.05 bits per heavy atom. The molecular formula is C12H11Cl2N3O2. The van der Waals surface area contributed by atoms with E-state index in [1.165, 1.54) is 10.8 Å². The maximum absolute atomic E-state index is 11.5. The standard InChI is InChI=1S/C12H11Cl2N3O2/c13-8-2-1-3-9(6-8)15-4-5-17-7-10(14)11(18)16-12(17)19/h1-3,6-7,15H,4-5H2,(H,16,18,19). The molecular weight excluding hydrogens is 289 g/mol. The van der Waals surface area contributed by atoms with Gasteiger partial charge in [0, 0.05) is 30.0 Å². The molecule has 0 aliphatic rings. The molecule has 0 radical (unpaired) electrons. The van der Waals surface area contributed by atoms with Crippen molar-refractivity contribution in [3.8, 4) is 0 Å². The highest BCUT2D eigenvalue weighted by Gasteiger charge is 2.01. The third-order valence-corrected chi connectivity index (χ3v) is 2.98. The van der Waals surface area contributed by atoms with E-state index < -0.39 is 11.2 Å². The highest BCUT2D eigenvalue weighted by molar-refractivity contribution is 6.30. The fraction of sp³-hybridized carbons (Fsp3) is 0.167. The molecule has 0 atom stereocenters. The van der Waals surface area contributed by atoms with E-state index in [9.17, 15) is 9.59 Å². The second-order valence-electron chi connectivity index (χ2n) is 3.87. The van der Waals surface area contributed by atoms with Crippen LogP contribution in [0.1, 0.15) is 0 Å². The average molecular weight is 300 g/mol. The first kappa shape index (κ1) is 13.7. The third-order valence-electron chi connectivity index (χ3n) is 2.47. The third kappa shape index (κ3) is 3.62. The average Bonchev–Trinajstić information content (AvgIpc) is 2.35. The lowest BCUT2D eigenvalue weighted by molar-refractivity contribution is 0.669. The zero-order valence-corrected chi connectivity index (χ0v) is 11.3. The van der Waals surface area contributed by atoms with Crippen LogP contribution < -0.4 is 16.6 Å². The lowest BCUT2D eigenvalue weighted by atomic mass is 10.3. The Hall–Kier alpha value is -1.72. The van der Waals surface area contributed by atoms with Gasteiger partial charge in [-0.25, -0.2) is 4.79 Å². The van der Waals surface area contributed by atoms with Gasteiger partial charge in [0.15, 0.2) is 0 Å². The first-order chi connectivity index (χ1) is 9.06. The number of aromatic nitrogens is 2. The van der Waals surface area contributed by atoms with Crippen molar-refractivity contribution in [3.63, 3.8) is 0 Å². The summed E-state index contributed by atoms with van der Waals surface area (Å²) in [6, 6.07) is 7.26. The summed E-state index contributed by atoms with van der Waals surface area (Å²) in [4.78, 5) is 24.7. The predicted molar refractivity (Wildman–Crippen MR) is 76.3 cm³/mol. The van der Waals surface area contributed by atoms with Crippen molar-refractivity contribution < 1.29 is 0 Å². The van der Waals surface area contributed by atoms with Crippen molar-refractivity contribution in [1.82, 2.24) is 9.55 Å². The summed E-state index contributed by atoms with van der Waals surface area (Å²) >= 11 is 11.5. The van der Waals surface area contributed by atoms with Gasteiger partial charge in [-0.05, 0) is 18.2 Å². The Morgan fingerprint density at radius 3 is 2.79 bits per heavy atom. The number of benzene rings is 1. The maximum Gasteiger partial charge on any atom is 0.328 e. The summed E-state index contributed by atoms with van der Waals surface area (Å²) in [6.45, 7) is 0.879. The van der Waals surface area contributed by atoms with Crippen molar-refractivity contribution in [3.05, 3.63) is 61.3 Å². The van der Waals surface area contributed by atoms with Gasteiger partial charge in [0.2, 0.25) is 0 Å². The lowest BCUT2D eigenvalue weighted by Gasteiger charge is -2.08. The van der Waals surface area contributed by atoms with Gasteiger partial charge in [-0.2, -0.15) is 0 Å². The molecule has 7 heteroatoms. The van der Waals surface area contributed by atoms with E-state index in [4.69, 9.17) is 23.2 Å². The molecule has 1 heterocycles. The zero-order valence-electron chi connectivity index (χ0n) is 9.82. The van der Waals surface area contributed by atoms with Gasteiger partial charge in [0.1, 0.15) is 5.02 Å². The van der Waals surface area contributed by atoms with Crippen LogP contribution >= 0.6 is 23.2 Å². The van der Waals surface area contributed by atoms with Crippen LogP contribution in [0.2, 0.25) is 10.0 Å². The van der Waals surface area contributed by atoms with Gasteiger partial charge < -0.3 is 5.32 Å². The molecule has 0 fully saturated rings. The molecule has 5 nitrogen and oxygen atoms in total. The van der Waals surface area contributed by atoms with E-state index in [-0.39, 0.29) is 5.02 Å². The predicted octanol–water partition coefficient (Wildman–Crippen LogP) is 1.96. The van der Waals surface area contributed by atoms with Crippen molar-refractivity contribution in [2.45, 2.75) is 6.54 Å². The molecule has 2 aromatic rings. The molecule has 0 unspecified atom stereocenters. The highest BCUT2D eigenvalue weighted by Crippen LogP contribution is 2.14. The van der Waals surface area contributed by atoms with E-state index in [1.807, 2.05) is 12.1 Å². The Bertz CT molecular complexity index is 694. The van der Waals surface area contributed by atoms with Crippen molar-refractivity contribution in [1.29, 1.82) is 0 Å². The summed E-state index contributed by atoms with van der Waals surface area (Å²) in [7, 11) is 0. The van der Waals surface area contributed by atoms with Crippen LogP contribution in [0.25, 0.3) is 0 Å². The molecule has 2 rings (SSSR count). The summed E-state index contributed by atoms with van der Waals surface area (Å²) in [6.07, 6.45) is 1.32. The second-order valence-corrected chi connectivity index (χ2v) is 4.71. The fourth-order valence-corrected chi connectivity index (χ4v) is 1.92. The molecule has 0 aliphatic heterocycles. The van der Waals surface area contributed by atoms with Crippen LogP contribution in [-0.2, 0) is 6.54 Å². The van der Waals surface area contributed by atoms with Crippen LogP contribution in [0.3, 0.4) is 0 Å². The number of halogens is 2. The monoisotopic (exact) mass is 299 g/mol. The summed E-state index contributed by atoms with van der Waals surface area (Å²) < 4.78 is 1.33. The molecule has 0 bridgehead atoms. The lowest BCUT2D eigenvalue weighted by Crippen LogP contribution is -2.31. The van der Waals surface area contributed by atoms with Crippen LogP contribution in [0.5, 0.6) is 0 Å². The van der Waals surface area contributed by atoms with Gasteiger partial charge in [-0.3, -0.25) is 14.3 Å². The summed E-state index contributed by atoms with van der Waals surface area (Å²) in [5.74, 6) is 0. The van der Waals surface area contributed by atoms with Gasteiger partial charge >= 0.3 is 5.69 Å². The van der Waals surface area contributed by atoms with Gasteiger partial charge in [0.05, 0.1) is 0 Å². The topological polar surface area (TPSA) is 66.9 Å². The van der Waals surface area contributed by atoms with E-state index in [0.717, 1.165) is 5.69 Å². The number of rotatable bonds is 4. The van der Waals surface area contributed by atoms with Crippen molar-refractivity contribution >= 4 is 28.9 Å². The van der Waals surface area contributed by atoms with Gasteiger partial charge in [-0.15, -0.1) is 0 Å². The molecule has 100 valence electrons. The van der Waals surface area contributed by atoms with E-state index >= 15 is 0 Å². The van der Waals surface area contributed by atoms with Gasteiger partial charge in [0.25, 0.3) is 5.56 Å². The minimum absolute atomic E-state index is 0.0117. The van der Waals surface area contributed by atoms with Crippen molar-refractivity contribution in [2.75, 3.05) is 11.9 Å². The molecule has 0 aliphatic carbocycles. The number of nitrogens with one attached hydrogen (secondary N) is 2. The van der Waals surface area contributed by atoms with Crippen LogP contribution in [0, 0.1) is 0 Å². The Morgan fingerprint density at radius 1 is 1.26 bits per heavy atom. The maximum atomic E-state index is 11.5. The Balaban J connectivity index is 2.02. The van der Waals surface area contributed by atoms with E-state index in [1.54, 1.807) is 12.1 Å². The first-order valence-electron chi connectivity index (χ1n) is 5.55. The quantitative estimate of drug-likeness (QED) is 0.907. The summed E-state index contributed by atoms with van der Waals surface area (Å²) in [5.41, 5.74) is -0.205. The number of anilines is 1. The first-order valence-corrected chi connectivity index (χ1v) is 6.30. The van der Waals surface area contributed by atoms with Crippen LogP contribution in [0.4, 0.5) is 5.69 Å². The second kappa shape index (κ2) is 5.95. The number of H-pyrrole nitrogens is 1. The molecule has 19 heavy (non-hydrogen) atoms. The molecule has 0 saturated carbocycles. The largest absolute Gasteiger partial charge is 0.383 e. The fourth-order valence-electron chi connectivity index (χ4n) is 1.57. The van der Waals surface area contributed by atoms with Crippen molar-refractivity contribution in [2.24, 2.45) is 0 Å². The molecule has 0 spiro atoms. The molecule has 1 aromatic heterocycles. The number of aromatic amines is 1. The minimum Gasteiger partial charge on any atom is -0.383 e. The number of hydrogen-bond acceptors (Lipinski definition) is 3. The van der Waals surface area contributed by atoms with E-state index in [0.29, 0.717) is 18.1 Å². The van der Waals surface area contributed by atoms with Gasteiger partial charge in [-0.1, -0.05) is 29.3 Å². The molecule has 0 saturated heterocycles. The molecule has 2 N–H and O–H groups in total. The smallest absolute Gasteiger partial charge is 0.328 e. The number of nitrogens with zero attached hydrogens (tertiary/aromatic N) is 1. The Kier molecular flexibility index (Phi) is 4.29. The minimum atomic E-state index is -0.578. The molecule has 0 amide bonds. The number of hydrogen-bond donors (Lipinski definition) is 2. The Labute approximate surface area is 118 Å². The summed E-state index contributed by atoms with van der Waals surface area (Å²) in [5, 5.41) is 3.74.